The highest BCUT2D eigenvalue weighted by Crippen LogP contribution is 2.02. The van der Waals surface area contributed by atoms with E-state index in [1.165, 1.54) is 6.20 Å². The van der Waals surface area contributed by atoms with Gasteiger partial charge in [-0.15, -0.1) is 0 Å². The van der Waals surface area contributed by atoms with Gasteiger partial charge in [-0.25, -0.2) is 4.98 Å². The maximum atomic E-state index is 12.0. The fourth-order valence-corrected chi connectivity index (χ4v) is 1.87. The van der Waals surface area contributed by atoms with Gasteiger partial charge >= 0.3 is 0 Å². The molecule has 1 saturated heterocycles. The Bertz CT molecular complexity index is 407. The van der Waals surface area contributed by atoms with Crippen LogP contribution in [0.5, 0.6) is 0 Å². The lowest BCUT2D eigenvalue weighted by molar-refractivity contribution is -0.133. The van der Waals surface area contributed by atoms with Crippen LogP contribution in [0.2, 0.25) is 0 Å². The zero-order valence-corrected chi connectivity index (χ0v) is 9.87. The number of carbonyl (C=O) groups excluding carboxylic acids is 2. The first kappa shape index (κ1) is 11.8. The van der Waals surface area contributed by atoms with Crippen LogP contribution in [0.1, 0.15) is 10.6 Å². The highest BCUT2D eigenvalue weighted by atomic mass is 16.2. The van der Waals surface area contributed by atoms with E-state index >= 15 is 0 Å². The van der Waals surface area contributed by atoms with Gasteiger partial charge in [0.1, 0.15) is 6.54 Å². The Morgan fingerprint density at radius 3 is 2.76 bits per heavy atom. The minimum Gasteiger partial charge on any atom is -0.339 e. The zero-order valence-electron chi connectivity index (χ0n) is 9.87. The summed E-state index contributed by atoms with van der Waals surface area (Å²) in [6.07, 6.45) is 3.84. The number of hydrogen-bond acceptors (Lipinski definition) is 4. The summed E-state index contributed by atoms with van der Waals surface area (Å²) in [5.74, 6) is 0.340. The second-order valence-electron chi connectivity index (χ2n) is 4.22. The summed E-state index contributed by atoms with van der Waals surface area (Å²) in [5, 5.41) is 0. The topological polar surface area (TPSA) is 58.4 Å². The monoisotopic (exact) mass is 236 g/mol. The largest absolute Gasteiger partial charge is 0.339 e. The van der Waals surface area contributed by atoms with E-state index in [-0.39, 0.29) is 12.5 Å². The normalized spacial score (nSPS) is 17.1. The number of piperazine rings is 1. The Balaban J connectivity index is 1.95. The molecule has 0 spiro atoms. The van der Waals surface area contributed by atoms with Gasteiger partial charge in [-0.1, -0.05) is 0 Å². The Labute approximate surface area is 99.8 Å². The number of amides is 1. The third-order valence-electron chi connectivity index (χ3n) is 3.01. The van der Waals surface area contributed by atoms with Gasteiger partial charge in [0.15, 0.2) is 12.1 Å². The maximum absolute atomic E-state index is 12.0. The Kier molecular flexibility index (Phi) is 3.53. The fraction of sp³-hybridized carbons (Fsp3) is 0.545. The van der Waals surface area contributed by atoms with Gasteiger partial charge in [0, 0.05) is 38.6 Å². The van der Waals surface area contributed by atoms with Gasteiger partial charge in [0.2, 0.25) is 5.91 Å². The van der Waals surface area contributed by atoms with Crippen molar-refractivity contribution in [2.24, 2.45) is 0 Å². The van der Waals surface area contributed by atoms with Gasteiger partial charge in [0.25, 0.3) is 0 Å². The Morgan fingerprint density at radius 1 is 1.41 bits per heavy atom. The van der Waals surface area contributed by atoms with Crippen LogP contribution in [0.3, 0.4) is 0 Å². The van der Waals surface area contributed by atoms with Crippen molar-refractivity contribution in [1.82, 2.24) is 19.4 Å². The standard InChI is InChI=1S/C11H16N4O2/c1-13-4-6-14(7-5-13)11(17)8-15-3-2-12-10(15)9-16/h2-3,9H,4-8H2,1H3. The Morgan fingerprint density at radius 2 is 2.12 bits per heavy atom. The molecule has 0 saturated carbocycles. The van der Waals surface area contributed by atoms with Crippen LogP contribution in [0.15, 0.2) is 12.4 Å². The van der Waals surface area contributed by atoms with Gasteiger partial charge in [-0.2, -0.15) is 0 Å². The highest BCUT2D eigenvalue weighted by molar-refractivity contribution is 5.77. The van der Waals surface area contributed by atoms with Crippen LogP contribution in [0.25, 0.3) is 0 Å². The molecule has 1 aliphatic rings. The first-order valence-electron chi connectivity index (χ1n) is 5.63. The smallest absolute Gasteiger partial charge is 0.242 e. The van der Waals surface area contributed by atoms with Crippen LogP contribution < -0.4 is 0 Å². The molecule has 1 aliphatic heterocycles. The number of likely N-dealkylation sites (N-methyl/N-ethyl adjacent to an activating group) is 1. The van der Waals surface area contributed by atoms with Crippen LogP contribution in [0.4, 0.5) is 0 Å². The molecule has 17 heavy (non-hydrogen) atoms. The molecule has 0 aromatic carbocycles. The molecule has 6 heteroatoms. The molecule has 0 aliphatic carbocycles. The first-order chi connectivity index (χ1) is 8.20. The minimum absolute atomic E-state index is 0.0409. The third kappa shape index (κ3) is 2.71. The van der Waals surface area contributed by atoms with Crippen molar-refractivity contribution in [2.45, 2.75) is 6.54 Å². The highest BCUT2D eigenvalue weighted by Gasteiger charge is 2.19. The number of rotatable bonds is 3. The van der Waals surface area contributed by atoms with Crippen LogP contribution in [-0.2, 0) is 11.3 Å². The van der Waals surface area contributed by atoms with Crippen molar-refractivity contribution in [3.8, 4) is 0 Å². The van der Waals surface area contributed by atoms with E-state index in [1.807, 2.05) is 11.9 Å². The summed E-state index contributed by atoms with van der Waals surface area (Å²) < 4.78 is 1.58. The molecule has 92 valence electrons. The van der Waals surface area contributed by atoms with Crippen molar-refractivity contribution >= 4 is 12.2 Å². The summed E-state index contributed by atoms with van der Waals surface area (Å²) in [7, 11) is 2.04. The van der Waals surface area contributed by atoms with E-state index in [1.54, 1.807) is 10.8 Å². The predicted octanol–water partition coefficient (Wildman–Crippen LogP) is -0.530. The second kappa shape index (κ2) is 5.09. The summed E-state index contributed by atoms with van der Waals surface area (Å²) in [4.78, 5) is 30.5. The molecule has 1 fully saturated rings. The van der Waals surface area contributed by atoms with Gasteiger partial charge in [-0.3, -0.25) is 9.59 Å². The summed E-state index contributed by atoms with van der Waals surface area (Å²) in [6.45, 7) is 3.49. The van der Waals surface area contributed by atoms with Crippen molar-refractivity contribution in [3.05, 3.63) is 18.2 Å². The predicted molar refractivity (Wildman–Crippen MR) is 61.7 cm³/mol. The molecular weight excluding hydrogens is 220 g/mol. The Hall–Kier alpha value is -1.69. The summed E-state index contributed by atoms with van der Waals surface area (Å²) in [5.41, 5.74) is 0. The number of carbonyl (C=O) groups is 2. The van der Waals surface area contributed by atoms with Gasteiger partial charge < -0.3 is 14.4 Å². The second-order valence-corrected chi connectivity index (χ2v) is 4.22. The number of nitrogens with zero attached hydrogens (tertiary/aromatic N) is 4. The molecule has 0 radical (unpaired) electrons. The summed E-state index contributed by atoms with van der Waals surface area (Å²) in [6, 6.07) is 0. The van der Waals surface area contributed by atoms with Crippen LogP contribution in [0, 0.1) is 0 Å². The molecular formula is C11H16N4O2. The molecule has 2 rings (SSSR count). The average molecular weight is 236 g/mol. The minimum atomic E-state index is 0.0409. The van der Waals surface area contributed by atoms with Gasteiger partial charge in [0.05, 0.1) is 0 Å². The van der Waals surface area contributed by atoms with Crippen molar-refractivity contribution in [2.75, 3.05) is 33.2 Å². The fourth-order valence-electron chi connectivity index (χ4n) is 1.87. The lowest BCUT2D eigenvalue weighted by atomic mass is 10.3. The third-order valence-corrected chi connectivity index (χ3v) is 3.01. The van der Waals surface area contributed by atoms with E-state index in [0.717, 1.165) is 26.2 Å². The molecule has 1 aromatic heterocycles. The number of imidazole rings is 1. The van der Waals surface area contributed by atoms with Gasteiger partial charge in [-0.05, 0) is 7.05 Å². The lowest BCUT2D eigenvalue weighted by Crippen LogP contribution is -2.48. The first-order valence-corrected chi connectivity index (χ1v) is 5.63. The average Bonchev–Trinajstić information content (AvgIpc) is 2.77. The van der Waals surface area contributed by atoms with E-state index in [0.29, 0.717) is 12.1 Å². The van der Waals surface area contributed by atoms with Crippen LogP contribution >= 0.6 is 0 Å². The van der Waals surface area contributed by atoms with E-state index in [2.05, 4.69) is 9.88 Å². The molecule has 0 atom stereocenters. The molecule has 1 aromatic rings. The van der Waals surface area contributed by atoms with Crippen molar-refractivity contribution in [3.63, 3.8) is 0 Å². The SMILES string of the molecule is CN1CCN(C(=O)Cn2ccnc2C=O)CC1. The van der Waals surface area contributed by atoms with E-state index < -0.39 is 0 Å². The molecule has 6 nitrogen and oxygen atoms in total. The van der Waals surface area contributed by atoms with E-state index in [9.17, 15) is 9.59 Å². The molecule has 2 heterocycles. The lowest BCUT2D eigenvalue weighted by Gasteiger charge is -2.32. The van der Waals surface area contributed by atoms with E-state index in [4.69, 9.17) is 0 Å². The van der Waals surface area contributed by atoms with Crippen molar-refractivity contribution < 1.29 is 9.59 Å². The molecule has 0 N–H and O–H groups in total. The van der Waals surface area contributed by atoms with Crippen LogP contribution in [-0.4, -0.2) is 64.8 Å². The number of aromatic nitrogens is 2. The zero-order chi connectivity index (χ0) is 12.3. The molecule has 0 bridgehead atoms. The molecule has 0 unspecified atom stereocenters. The quantitative estimate of drug-likeness (QED) is 0.662. The maximum Gasteiger partial charge on any atom is 0.242 e. The molecule has 1 amide bonds. The number of hydrogen-bond donors (Lipinski definition) is 0. The number of aldehydes is 1. The van der Waals surface area contributed by atoms with Crippen molar-refractivity contribution in [1.29, 1.82) is 0 Å². The summed E-state index contributed by atoms with van der Waals surface area (Å²) >= 11 is 0.